The van der Waals surface area contributed by atoms with Crippen LogP contribution in [0.4, 0.5) is 13.2 Å². The Balaban J connectivity index is 2.02. The van der Waals surface area contributed by atoms with E-state index in [-0.39, 0.29) is 42.1 Å². The molecule has 4 rings (SSSR count). The predicted molar refractivity (Wildman–Crippen MR) is 136 cm³/mol. The average molecular weight is 510 g/mol. The fourth-order valence-corrected chi connectivity index (χ4v) is 4.30. The summed E-state index contributed by atoms with van der Waals surface area (Å²) in [5, 5.41) is 25.1. The lowest BCUT2D eigenvalue weighted by atomic mass is 10.0. The number of carbonyl (C=O) groups is 1. The maximum atomic E-state index is 13.7. The molecule has 0 aliphatic heterocycles. The van der Waals surface area contributed by atoms with Crippen LogP contribution in [-0.2, 0) is 11.0 Å². The summed E-state index contributed by atoms with van der Waals surface area (Å²) in [7, 11) is 0. The van der Waals surface area contributed by atoms with Crippen molar-refractivity contribution in [3.05, 3.63) is 94.5 Å². The van der Waals surface area contributed by atoms with Gasteiger partial charge in [-0.2, -0.15) is 18.3 Å². The summed E-state index contributed by atoms with van der Waals surface area (Å²) in [5.41, 5.74) is 4.87. The number of carbonyl (C=O) groups excluding carboxylic acids is 1. The fourth-order valence-electron chi connectivity index (χ4n) is 4.30. The van der Waals surface area contributed by atoms with E-state index in [0.29, 0.717) is 16.6 Å². The maximum Gasteiger partial charge on any atom is 0.416 e. The van der Waals surface area contributed by atoms with Crippen molar-refractivity contribution >= 4 is 22.5 Å². The first-order chi connectivity index (χ1) is 17.6. The summed E-state index contributed by atoms with van der Waals surface area (Å²) in [6.07, 6.45) is -4.30. The van der Waals surface area contributed by atoms with Gasteiger partial charge in [0.2, 0.25) is 11.8 Å². The molecule has 0 saturated heterocycles. The molecule has 1 heterocycles. The molecule has 0 bridgehead atoms. The highest BCUT2D eigenvalue weighted by atomic mass is 19.4. The molecule has 4 aromatic rings. The van der Waals surface area contributed by atoms with Gasteiger partial charge in [-0.05, 0) is 55.7 Å². The number of aromatic nitrogens is 1. The van der Waals surface area contributed by atoms with E-state index in [2.05, 4.69) is 10.5 Å². The highest BCUT2D eigenvalue weighted by Gasteiger charge is 2.32. The van der Waals surface area contributed by atoms with Gasteiger partial charge in [-0.3, -0.25) is 9.36 Å². The van der Waals surface area contributed by atoms with Crippen LogP contribution >= 0.6 is 0 Å². The Morgan fingerprint density at radius 2 is 1.68 bits per heavy atom. The molecule has 0 spiro atoms. The minimum Gasteiger partial charge on any atom is -0.494 e. The van der Waals surface area contributed by atoms with Crippen molar-refractivity contribution in [1.29, 1.82) is 0 Å². The second kappa shape index (κ2) is 10.5. The highest BCUT2D eigenvalue weighted by Crippen LogP contribution is 2.39. The molecule has 9 heteroatoms. The van der Waals surface area contributed by atoms with Crippen LogP contribution in [0.3, 0.4) is 0 Å². The normalized spacial score (nSPS) is 12.2. The molecule has 0 radical (unpaired) electrons. The van der Waals surface area contributed by atoms with Crippen LogP contribution in [0.15, 0.2) is 71.8 Å². The van der Waals surface area contributed by atoms with E-state index < -0.39 is 17.6 Å². The van der Waals surface area contributed by atoms with Crippen LogP contribution in [0.1, 0.15) is 40.7 Å². The van der Waals surface area contributed by atoms with E-state index in [1.807, 2.05) is 19.9 Å². The van der Waals surface area contributed by atoms with Gasteiger partial charge >= 0.3 is 6.18 Å². The van der Waals surface area contributed by atoms with Gasteiger partial charge in [0.1, 0.15) is 5.71 Å². The number of hydrogen-bond donors (Lipinski definition) is 3. The van der Waals surface area contributed by atoms with E-state index in [1.54, 1.807) is 42.5 Å². The number of aliphatic hydroxyl groups is 1. The minimum atomic E-state index is -4.58. The monoisotopic (exact) mass is 509 g/mol. The molecule has 192 valence electrons. The third-order valence-electron chi connectivity index (χ3n) is 5.87. The van der Waals surface area contributed by atoms with Crippen molar-refractivity contribution in [3.8, 4) is 11.6 Å². The zero-order chi connectivity index (χ0) is 26.7. The van der Waals surface area contributed by atoms with E-state index in [4.69, 9.17) is 5.11 Å². The third kappa shape index (κ3) is 5.51. The Bertz CT molecular complexity index is 1450. The Morgan fingerprint density at radius 1 is 1.00 bits per heavy atom. The van der Waals surface area contributed by atoms with Crippen molar-refractivity contribution in [3.63, 3.8) is 0 Å². The Labute approximate surface area is 211 Å². The van der Waals surface area contributed by atoms with Crippen molar-refractivity contribution < 1.29 is 28.2 Å². The molecule has 1 amide bonds. The summed E-state index contributed by atoms with van der Waals surface area (Å²) < 4.78 is 42.3. The summed E-state index contributed by atoms with van der Waals surface area (Å²) in [5.74, 6) is -0.758. The van der Waals surface area contributed by atoms with Crippen LogP contribution in [0.25, 0.3) is 16.6 Å². The van der Waals surface area contributed by atoms with Crippen LogP contribution in [0, 0.1) is 13.8 Å². The van der Waals surface area contributed by atoms with Gasteiger partial charge in [-0.15, -0.1) is 0 Å². The molecule has 6 nitrogen and oxygen atoms in total. The smallest absolute Gasteiger partial charge is 0.416 e. The first-order valence-corrected chi connectivity index (χ1v) is 11.7. The van der Waals surface area contributed by atoms with Crippen LogP contribution in [-0.4, -0.2) is 33.0 Å². The molecule has 0 saturated carbocycles. The zero-order valence-corrected chi connectivity index (χ0v) is 20.3. The van der Waals surface area contributed by atoms with Crippen molar-refractivity contribution in [2.75, 3.05) is 6.61 Å². The molecule has 37 heavy (non-hydrogen) atoms. The average Bonchev–Trinajstić information content (AvgIpc) is 3.13. The second-order valence-electron chi connectivity index (χ2n) is 8.80. The first kappa shape index (κ1) is 26.0. The minimum absolute atomic E-state index is 0.0350. The number of fused-ring (bicyclic) bond motifs is 1. The Morgan fingerprint density at radius 3 is 2.30 bits per heavy atom. The number of rotatable bonds is 7. The predicted octanol–water partition coefficient (Wildman–Crippen LogP) is 5.61. The Hall–Kier alpha value is -4.11. The summed E-state index contributed by atoms with van der Waals surface area (Å²) in [6, 6.07) is 17.5. The summed E-state index contributed by atoms with van der Waals surface area (Å²) in [6.45, 7) is 3.56. The van der Waals surface area contributed by atoms with Crippen molar-refractivity contribution in [1.82, 2.24) is 9.99 Å². The molecule has 3 aromatic carbocycles. The van der Waals surface area contributed by atoms with Gasteiger partial charge in [-0.25, -0.2) is 5.43 Å². The van der Waals surface area contributed by atoms with E-state index >= 15 is 0 Å². The van der Waals surface area contributed by atoms with E-state index in [1.165, 1.54) is 10.6 Å². The number of aryl methyl sites for hydroxylation is 2. The van der Waals surface area contributed by atoms with Crippen LogP contribution in [0.5, 0.6) is 5.88 Å². The van der Waals surface area contributed by atoms with Gasteiger partial charge in [-0.1, -0.05) is 42.5 Å². The lowest BCUT2D eigenvalue weighted by Gasteiger charge is -2.12. The number of amides is 1. The number of hydrazone groups is 1. The number of alkyl halides is 3. The molecule has 0 atom stereocenters. The molecular weight excluding hydrogens is 483 g/mol. The number of nitrogens with zero attached hydrogens (tertiary/aromatic N) is 2. The lowest BCUT2D eigenvalue weighted by molar-refractivity contribution is -0.137. The van der Waals surface area contributed by atoms with Gasteiger partial charge in [0.05, 0.1) is 16.6 Å². The molecule has 3 N–H and O–H groups in total. The Kier molecular flexibility index (Phi) is 7.35. The van der Waals surface area contributed by atoms with Crippen molar-refractivity contribution in [2.45, 2.75) is 32.9 Å². The van der Waals surface area contributed by atoms with E-state index in [0.717, 1.165) is 23.3 Å². The van der Waals surface area contributed by atoms with Gasteiger partial charge < -0.3 is 10.2 Å². The highest BCUT2D eigenvalue weighted by molar-refractivity contribution is 6.21. The number of halogens is 3. The topological polar surface area (TPSA) is 86.9 Å². The zero-order valence-electron chi connectivity index (χ0n) is 20.3. The molecule has 1 aromatic heterocycles. The standard InChI is InChI=1S/C28H26F3N3O3/c1-17-13-18(2)15-21(14-17)34-23-16-20(28(29,30)31)10-11-22(23)25(27(34)37)26(19-7-4-3-5-8-19)33-32-24(36)9-6-12-35/h3-5,7-8,10-11,13-16,35,37H,6,9,12H2,1-2H3,(H,32,36)/b33-26+. The quantitative estimate of drug-likeness (QED) is 0.224. The number of hydrogen-bond acceptors (Lipinski definition) is 4. The van der Waals surface area contributed by atoms with E-state index in [9.17, 15) is 23.1 Å². The molecule has 0 aliphatic rings. The van der Waals surface area contributed by atoms with Gasteiger partial charge in [0.25, 0.3) is 0 Å². The number of aliphatic hydroxyl groups excluding tert-OH is 1. The van der Waals surface area contributed by atoms with Crippen LogP contribution < -0.4 is 5.43 Å². The lowest BCUT2D eigenvalue weighted by Crippen LogP contribution is -2.20. The van der Waals surface area contributed by atoms with Crippen LogP contribution in [0.2, 0.25) is 0 Å². The first-order valence-electron chi connectivity index (χ1n) is 11.7. The number of aromatic hydroxyl groups is 1. The maximum absolute atomic E-state index is 13.7. The molecule has 0 fully saturated rings. The number of benzene rings is 3. The molecule has 0 unspecified atom stereocenters. The van der Waals surface area contributed by atoms with Gasteiger partial charge in [0, 0.05) is 29.7 Å². The SMILES string of the molecule is Cc1cc(C)cc(-n2c(O)c(/C(=N/NC(=O)CCCO)c3ccccc3)c3ccc(C(F)(F)F)cc32)c1. The molecular formula is C28H26F3N3O3. The molecule has 0 aliphatic carbocycles. The fraction of sp³-hybridized carbons (Fsp3) is 0.214. The largest absolute Gasteiger partial charge is 0.494 e. The summed E-state index contributed by atoms with van der Waals surface area (Å²) in [4.78, 5) is 12.3. The number of nitrogens with one attached hydrogen (secondary N) is 1. The van der Waals surface area contributed by atoms with Crippen molar-refractivity contribution in [2.24, 2.45) is 5.10 Å². The summed E-state index contributed by atoms with van der Waals surface area (Å²) >= 11 is 0. The third-order valence-corrected chi connectivity index (χ3v) is 5.87. The second-order valence-corrected chi connectivity index (χ2v) is 8.80. The van der Waals surface area contributed by atoms with Gasteiger partial charge in [0.15, 0.2) is 0 Å².